The van der Waals surface area contributed by atoms with Gasteiger partial charge in [-0.05, 0) is 57.5 Å². The molecule has 0 aromatic rings. The molecule has 17 heavy (non-hydrogen) atoms. The van der Waals surface area contributed by atoms with E-state index in [-0.39, 0.29) is 6.10 Å². The molecule has 3 atom stereocenters. The maximum absolute atomic E-state index is 10.1. The fourth-order valence-electron chi connectivity index (χ4n) is 3.74. The molecule has 0 amide bonds. The number of rotatable bonds is 5. The fourth-order valence-corrected chi connectivity index (χ4v) is 3.74. The van der Waals surface area contributed by atoms with Crippen LogP contribution in [0.4, 0.5) is 0 Å². The Labute approximate surface area is 106 Å². The highest BCUT2D eigenvalue weighted by Gasteiger charge is 2.37. The Kier molecular flexibility index (Phi) is 4.87. The van der Waals surface area contributed by atoms with E-state index in [0.717, 1.165) is 12.3 Å². The highest BCUT2D eigenvalue weighted by molar-refractivity contribution is 4.91. The van der Waals surface area contributed by atoms with Crippen LogP contribution < -0.4 is 0 Å². The topological polar surface area (TPSA) is 23.5 Å². The van der Waals surface area contributed by atoms with Gasteiger partial charge in [-0.1, -0.05) is 20.3 Å². The van der Waals surface area contributed by atoms with Gasteiger partial charge in [-0.25, -0.2) is 0 Å². The lowest BCUT2D eigenvalue weighted by Gasteiger charge is -2.31. The number of aliphatic hydroxyl groups is 1. The van der Waals surface area contributed by atoms with Crippen molar-refractivity contribution in [2.75, 3.05) is 13.1 Å². The van der Waals surface area contributed by atoms with E-state index in [1.54, 1.807) is 0 Å². The second kappa shape index (κ2) is 6.19. The third kappa shape index (κ3) is 3.45. The van der Waals surface area contributed by atoms with Crippen molar-refractivity contribution in [2.45, 2.75) is 70.9 Å². The molecular weight excluding hydrogens is 210 g/mol. The summed E-state index contributed by atoms with van der Waals surface area (Å²) in [5.41, 5.74) is 0. The van der Waals surface area contributed by atoms with Gasteiger partial charge < -0.3 is 10.0 Å². The molecule has 1 N–H and O–H groups in total. The number of nitrogens with zero attached hydrogens (tertiary/aromatic N) is 1. The Balaban J connectivity index is 1.80. The first-order chi connectivity index (χ1) is 8.18. The molecule has 2 fully saturated rings. The summed E-state index contributed by atoms with van der Waals surface area (Å²) in [6.45, 7) is 7.14. The van der Waals surface area contributed by atoms with Crippen LogP contribution in [0.2, 0.25) is 0 Å². The minimum Gasteiger partial charge on any atom is -0.393 e. The Morgan fingerprint density at radius 2 is 2.00 bits per heavy atom. The highest BCUT2D eigenvalue weighted by atomic mass is 16.3. The molecule has 1 heterocycles. The van der Waals surface area contributed by atoms with Crippen LogP contribution in [0.3, 0.4) is 0 Å². The van der Waals surface area contributed by atoms with Crippen molar-refractivity contribution in [3.63, 3.8) is 0 Å². The van der Waals surface area contributed by atoms with Crippen molar-refractivity contribution < 1.29 is 5.11 Å². The lowest BCUT2D eigenvalue weighted by atomic mass is 9.94. The minimum absolute atomic E-state index is 0.00861. The molecule has 2 nitrogen and oxygen atoms in total. The summed E-state index contributed by atoms with van der Waals surface area (Å²) in [6, 6.07) is 0.694. The zero-order valence-corrected chi connectivity index (χ0v) is 11.6. The Morgan fingerprint density at radius 3 is 2.65 bits per heavy atom. The molecule has 100 valence electrons. The lowest BCUT2D eigenvalue weighted by Crippen LogP contribution is -2.39. The second-order valence-electron chi connectivity index (χ2n) is 6.44. The smallest absolute Gasteiger partial charge is 0.0583 e. The molecule has 2 rings (SSSR count). The van der Waals surface area contributed by atoms with Gasteiger partial charge >= 0.3 is 0 Å². The summed E-state index contributed by atoms with van der Waals surface area (Å²) >= 11 is 0. The van der Waals surface area contributed by atoms with Crippen LogP contribution in [0.15, 0.2) is 0 Å². The average molecular weight is 239 g/mol. The van der Waals surface area contributed by atoms with Crippen molar-refractivity contribution >= 4 is 0 Å². The Morgan fingerprint density at radius 1 is 1.18 bits per heavy atom. The van der Waals surface area contributed by atoms with Crippen LogP contribution in [0.25, 0.3) is 0 Å². The van der Waals surface area contributed by atoms with E-state index in [2.05, 4.69) is 18.7 Å². The molecule has 0 spiro atoms. The SMILES string of the molecule is CC(C)CCCN1CCCC1C1CCCC1O. The monoisotopic (exact) mass is 239 g/mol. The van der Waals surface area contributed by atoms with E-state index in [9.17, 15) is 5.11 Å². The van der Waals surface area contributed by atoms with Crippen LogP contribution in [0, 0.1) is 11.8 Å². The predicted molar refractivity (Wildman–Crippen MR) is 72.0 cm³/mol. The summed E-state index contributed by atoms with van der Waals surface area (Å²) in [6.07, 6.45) is 8.87. The van der Waals surface area contributed by atoms with Crippen LogP contribution in [0.1, 0.15) is 58.8 Å². The van der Waals surface area contributed by atoms with E-state index >= 15 is 0 Å². The molecule has 2 aliphatic rings. The molecule has 3 unspecified atom stereocenters. The van der Waals surface area contributed by atoms with Crippen LogP contribution >= 0.6 is 0 Å². The van der Waals surface area contributed by atoms with E-state index in [4.69, 9.17) is 0 Å². The third-order valence-electron chi connectivity index (χ3n) is 4.67. The Bertz CT molecular complexity index is 229. The molecule has 1 aliphatic heterocycles. The average Bonchev–Trinajstić information content (AvgIpc) is 2.86. The van der Waals surface area contributed by atoms with Crippen molar-refractivity contribution in [3.05, 3.63) is 0 Å². The lowest BCUT2D eigenvalue weighted by molar-refractivity contribution is 0.0737. The van der Waals surface area contributed by atoms with Gasteiger partial charge in [-0.2, -0.15) is 0 Å². The minimum atomic E-state index is -0.00861. The number of hydrogen-bond acceptors (Lipinski definition) is 2. The molecular formula is C15H29NO. The number of aliphatic hydroxyl groups excluding tert-OH is 1. The second-order valence-corrected chi connectivity index (χ2v) is 6.44. The predicted octanol–water partition coefficient (Wildman–Crippen LogP) is 3.05. The van der Waals surface area contributed by atoms with E-state index < -0.39 is 0 Å². The largest absolute Gasteiger partial charge is 0.393 e. The fraction of sp³-hybridized carbons (Fsp3) is 1.00. The molecule has 2 heteroatoms. The molecule has 1 aliphatic carbocycles. The van der Waals surface area contributed by atoms with Crippen LogP contribution in [-0.4, -0.2) is 35.2 Å². The van der Waals surface area contributed by atoms with Crippen LogP contribution in [0.5, 0.6) is 0 Å². The zero-order valence-electron chi connectivity index (χ0n) is 11.6. The first kappa shape index (κ1) is 13.4. The van der Waals surface area contributed by atoms with Crippen molar-refractivity contribution in [2.24, 2.45) is 11.8 Å². The normalized spacial score (nSPS) is 34.9. The van der Waals surface area contributed by atoms with Gasteiger partial charge in [0.05, 0.1) is 6.10 Å². The quantitative estimate of drug-likeness (QED) is 0.797. The van der Waals surface area contributed by atoms with Crippen molar-refractivity contribution in [1.82, 2.24) is 4.90 Å². The van der Waals surface area contributed by atoms with E-state index in [0.29, 0.717) is 12.0 Å². The summed E-state index contributed by atoms with van der Waals surface area (Å²) < 4.78 is 0. The summed E-state index contributed by atoms with van der Waals surface area (Å²) in [4.78, 5) is 2.67. The van der Waals surface area contributed by atoms with Crippen molar-refractivity contribution in [1.29, 1.82) is 0 Å². The summed E-state index contributed by atoms with van der Waals surface area (Å²) in [7, 11) is 0. The van der Waals surface area contributed by atoms with Gasteiger partial charge in [-0.3, -0.25) is 0 Å². The van der Waals surface area contributed by atoms with E-state index in [1.807, 2.05) is 0 Å². The van der Waals surface area contributed by atoms with Gasteiger partial charge in [0, 0.05) is 12.0 Å². The Hall–Kier alpha value is -0.0800. The van der Waals surface area contributed by atoms with Gasteiger partial charge in [0.2, 0.25) is 0 Å². The van der Waals surface area contributed by atoms with Gasteiger partial charge in [-0.15, -0.1) is 0 Å². The molecule has 0 bridgehead atoms. The first-order valence-corrected chi connectivity index (χ1v) is 7.60. The number of hydrogen-bond donors (Lipinski definition) is 1. The maximum atomic E-state index is 10.1. The first-order valence-electron chi connectivity index (χ1n) is 7.60. The van der Waals surface area contributed by atoms with E-state index in [1.165, 1.54) is 51.6 Å². The number of likely N-dealkylation sites (tertiary alicyclic amines) is 1. The van der Waals surface area contributed by atoms with Crippen molar-refractivity contribution in [3.8, 4) is 0 Å². The molecule has 0 radical (unpaired) electrons. The van der Waals surface area contributed by atoms with Crippen LogP contribution in [-0.2, 0) is 0 Å². The summed E-state index contributed by atoms with van der Waals surface area (Å²) in [5.74, 6) is 1.41. The molecule has 0 aromatic carbocycles. The third-order valence-corrected chi connectivity index (χ3v) is 4.67. The van der Waals surface area contributed by atoms with Gasteiger partial charge in [0.1, 0.15) is 0 Å². The summed E-state index contributed by atoms with van der Waals surface area (Å²) in [5, 5.41) is 10.1. The highest BCUT2D eigenvalue weighted by Crippen LogP contribution is 2.35. The standard InChI is InChI=1S/C15H29NO/c1-12(2)6-4-10-16-11-5-8-14(16)13-7-3-9-15(13)17/h12-15,17H,3-11H2,1-2H3. The zero-order chi connectivity index (χ0) is 12.3. The maximum Gasteiger partial charge on any atom is 0.0583 e. The molecule has 0 aromatic heterocycles. The molecule has 1 saturated carbocycles. The molecule has 1 saturated heterocycles. The van der Waals surface area contributed by atoms with Gasteiger partial charge in [0.15, 0.2) is 0 Å². The van der Waals surface area contributed by atoms with Gasteiger partial charge in [0.25, 0.3) is 0 Å².